The van der Waals surface area contributed by atoms with Crippen molar-refractivity contribution in [3.8, 4) is 11.3 Å². The predicted molar refractivity (Wildman–Crippen MR) is 140 cm³/mol. The van der Waals surface area contributed by atoms with E-state index < -0.39 is 0 Å². The monoisotopic (exact) mass is 504 g/mol. The third-order valence-corrected chi connectivity index (χ3v) is 7.75. The van der Waals surface area contributed by atoms with E-state index in [1.807, 2.05) is 25.4 Å². The van der Waals surface area contributed by atoms with Crippen molar-refractivity contribution in [3.05, 3.63) is 42.4 Å². The van der Waals surface area contributed by atoms with Gasteiger partial charge in [0.05, 0.1) is 36.2 Å². The third kappa shape index (κ3) is 3.94. The van der Waals surface area contributed by atoms with Gasteiger partial charge in [0.2, 0.25) is 0 Å². The van der Waals surface area contributed by atoms with Crippen molar-refractivity contribution in [1.82, 2.24) is 34.4 Å². The van der Waals surface area contributed by atoms with E-state index in [2.05, 4.69) is 44.5 Å². The lowest BCUT2D eigenvalue weighted by atomic mass is 9.89. The minimum Gasteiger partial charge on any atom is -0.379 e. The number of methoxy groups -OCH3 is 2. The summed E-state index contributed by atoms with van der Waals surface area (Å²) in [5.41, 5.74) is 3.49. The van der Waals surface area contributed by atoms with Crippen LogP contribution in [0.3, 0.4) is 0 Å². The van der Waals surface area contributed by atoms with Crippen LogP contribution >= 0.6 is 0 Å². The van der Waals surface area contributed by atoms with E-state index >= 15 is 0 Å². The number of carbonyl (C=O) groups is 1. The number of nitrogens with zero attached hydrogens (tertiary/aromatic N) is 6. The number of likely N-dealkylation sites (tertiary alicyclic amines) is 1. The Morgan fingerprint density at radius 1 is 1.14 bits per heavy atom. The minimum absolute atomic E-state index is 0.00160. The van der Waals surface area contributed by atoms with Gasteiger partial charge in [0.1, 0.15) is 17.0 Å². The van der Waals surface area contributed by atoms with Crippen molar-refractivity contribution < 1.29 is 14.3 Å². The third-order valence-electron chi connectivity index (χ3n) is 7.75. The number of hydrogen-bond acceptors (Lipinski definition) is 8. The summed E-state index contributed by atoms with van der Waals surface area (Å²) < 4.78 is 15.1. The number of anilines is 1. The Bertz CT molecular complexity index is 1460. The average molecular weight is 505 g/mol. The molecule has 1 amide bonds. The molecule has 4 atom stereocenters. The van der Waals surface area contributed by atoms with Crippen molar-refractivity contribution in [2.75, 3.05) is 46.7 Å². The van der Waals surface area contributed by atoms with Crippen LogP contribution < -0.4 is 10.6 Å². The highest BCUT2D eigenvalue weighted by Crippen LogP contribution is 2.35. The first-order valence-electron chi connectivity index (χ1n) is 12.6. The fourth-order valence-electron chi connectivity index (χ4n) is 5.58. The molecule has 194 valence electrons. The van der Waals surface area contributed by atoms with Gasteiger partial charge in [-0.25, -0.2) is 9.97 Å². The summed E-state index contributed by atoms with van der Waals surface area (Å²) in [6, 6.07) is 6.08. The van der Waals surface area contributed by atoms with Gasteiger partial charge in [-0.1, -0.05) is 0 Å². The standard InChI is InChI=1S/C26H32N8O3/c1-27-23-10-19(30-25-16(11-29-34(23)25)26(35)31-18-7-8-21(18)36-3)17-12-33(24-15(17)6-5-9-28-24)20-13-32(2)14-22(20)37-4/h5-6,9-12,18,20-22,27H,7-8,13-14H2,1-4H3,(H,31,35)/t18-,20+,21-,22+/m0/s1. The van der Waals surface area contributed by atoms with E-state index in [0.29, 0.717) is 11.2 Å². The smallest absolute Gasteiger partial charge is 0.257 e. The van der Waals surface area contributed by atoms with E-state index in [1.165, 1.54) is 0 Å². The summed E-state index contributed by atoms with van der Waals surface area (Å²) in [5.74, 6) is 0.534. The first-order chi connectivity index (χ1) is 18.0. The molecule has 0 unspecified atom stereocenters. The zero-order valence-corrected chi connectivity index (χ0v) is 21.5. The van der Waals surface area contributed by atoms with Crippen LogP contribution in [0.5, 0.6) is 0 Å². The van der Waals surface area contributed by atoms with Gasteiger partial charge in [-0.2, -0.15) is 9.61 Å². The zero-order valence-electron chi connectivity index (χ0n) is 21.5. The molecule has 2 aliphatic rings. The number of fused-ring (bicyclic) bond motifs is 2. The maximum Gasteiger partial charge on any atom is 0.257 e. The molecule has 1 aliphatic heterocycles. The SMILES string of the molecule is CNc1cc(-c2cn([C@@H]3CN(C)C[C@H]3OC)c3ncccc23)nc2c(C(=O)N[C@H]3CC[C@@H]3OC)cnn12. The van der Waals surface area contributed by atoms with E-state index in [0.717, 1.165) is 54.0 Å². The molecule has 0 bridgehead atoms. The molecular formula is C26H32N8O3. The van der Waals surface area contributed by atoms with Crippen molar-refractivity contribution in [1.29, 1.82) is 0 Å². The number of rotatable bonds is 7. The largest absolute Gasteiger partial charge is 0.379 e. The number of amides is 1. The normalized spacial score (nSPS) is 24.0. The van der Waals surface area contributed by atoms with Gasteiger partial charge in [0, 0.05) is 63.8 Å². The van der Waals surface area contributed by atoms with Crippen LogP contribution in [-0.2, 0) is 9.47 Å². The fraction of sp³-hybridized carbons (Fsp3) is 0.462. The van der Waals surface area contributed by atoms with Gasteiger partial charge in [-0.05, 0) is 32.0 Å². The van der Waals surface area contributed by atoms with Crippen LogP contribution in [0.25, 0.3) is 27.9 Å². The Kier molecular flexibility index (Phi) is 6.06. The second-order valence-electron chi connectivity index (χ2n) is 9.89. The molecule has 11 heteroatoms. The molecule has 6 rings (SSSR count). The molecule has 4 aromatic rings. The number of nitrogens with one attached hydrogen (secondary N) is 2. The van der Waals surface area contributed by atoms with Crippen LogP contribution in [0.2, 0.25) is 0 Å². The van der Waals surface area contributed by atoms with Crippen LogP contribution in [0, 0.1) is 0 Å². The van der Waals surface area contributed by atoms with E-state index in [4.69, 9.17) is 19.4 Å². The van der Waals surface area contributed by atoms with Crippen molar-refractivity contribution in [2.24, 2.45) is 0 Å². The average Bonchev–Trinajstić information content (AvgIpc) is 3.60. The maximum atomic E-state index is 13.2. The lowest BCUT2D eigenvalue weighted by Crippen LogP contribution is -2.51. The molecule has 1 aliphatic carbocycles. The Labute approximate surface area is 214 Å². The topological polar surface area (TPSA) is 111 Å². The molecule has 2 fully saturated rings. The fourth-order valence-corrected chi connectivity index (χ4v) is 5.58. The van der Waals surface area contributed by atoms with Crippen LogP contribution in [0.4, 0.5) is 5.82 Å². The first-order valence-corrected chi connectivity index (χ1v) is 12.6. The summed E-state index contributed by atoms with van der Waals surface area (Å²) in [7, 11) is 7.37. The van der Waals surface area contributed by atoms with Crippen LogP contribution in [-0.4, -0.2) is 94.6 Å². The Balaban J connectivity index is 1.45. The second-order valence-corrected chi connectivity index (χ2v) is 9.89. The second kappa shape index (κ2) is 9.40. The van der Waals surface area contributed by atoms with Crippen LogP contribution in [0.15, 0.2) is 36.8 Å². The van der Waals surface area contributed by atoms with Gasteiger partial charge < -0.3 is 29.6 Å². The van der Waals surface area contributed by atoms with Gasteiger partial charge in [0.15, 0.2) is 5.65 Å². The van der Waals surface area contributed by atoms with Crippen molar-refractivity contribution in [2.45, 2.75) is 37.1 Å². The lowest BCUT2D eigenvalue weighted by molar-refractivity contribution is 0.00732. The highest BCUT2D eigenvalue weighted by Gasteiger charge is 2.35. The maximum absolute atomic E-state index is 13.2. The predicted octanol–water partition coefficient (Wildman–Crippen LogP) is 2.20. The summed E-state index contributed by atoms with van der Waals surface area (Å²) >= 11 is 0. The number of likely N-dealkylation sites (N-methyl/N-ethyl adjacent to an activating group) is 1. The number of pyridine rings is 1. The van der Waals surface area contributed by atoms with E-state index in [-0.39, 0.29) is 30.2 Å². The highest BCUT2D eigenvalue weighted by atomic mass is 16.5. The Hall–Kier alpha value is -3.54. The molecule has 0 aromatic carbocycles. The molecule has 1 saturated heterocycles. The molecule has 2 N–H and O–H groups in total. The molecule has 5 heterocycles. The highest BCUT2D eigenvalue weighted by molar-refractivity contribution is 6.01. The van der Waals surface area contributed by atoms with Gasteiger partial charge >= 0.3 is 0 Å². The number of aromatic nitrogens is 5. The Morgan fingerprint density at radius 2 is 1.97 bits per heavy atom. The van der Waals surface area contributed by atoms with Crippen molar-refractivity contribution in [3.63, 3.8) is 0 Å². The van der Waals surface area contributed by atoms with Gasteiger partial charge in [-0.3, -0.25) is 4.79 Å². The number of carbonyl (C=O) groups excluding carboxylic acids is 1. The molecule has 37 heavy (non-hydrogen) atoms. The quantitative estimate of drug-likeness (QED) is 0.394. The zero-order chi connectivity index (χ0) is 25.7. The van der Waals surface area contributed by atoms with Gasteiger partial charge in [-0.15, -0.1) is 0 Å². The summed E-state index contributed by atoms with van der Waals surface area (Å²) in [5, 5.41) is 11.7. The molecular weight excluding hydrogens is 472 g/mol. The minimum atomic E-state index is -0.200. The molecule has 0 spiro atoms. The summed E-state index contributed by atoms with van der Waals surface area (Å²) in [6.45, 7) is 1.72. The lowest BCUT2D eigenvalue weighted by Gasteiger charge is -2.35. The van der Waals surface area contributed by atoms with E-state index in [1.54, 1.807) is 24.9 Å². The summed E-state index contributed by atoms with van der Waals surface area (Å²) in [6.07, 6.45) is 7.45. The van der Waals surface area contributed by atoms with Crippen LogP contribution in [0.1, 0.15) is 29.2 Å². The number of ether oxygens (including phenoxy) is 2. The van der Waals surface area contributed by atoms with Crippen molar-refractivity contribution >= 4 is 28.4 Å². The van der Waals surface area contributed by atoms with Gasteiger partial charge in [0.25, 0.3) is 5.91 Å². The summed E-state index contributed by atoms with van der Waals surface area (Å²) in [4.78, 5) is 25.2. The molecule has 0 radical (unpaired) electrons. The Morgan fingerprint density at radius 3 is 2.70 bits per heavy atom. The molecule has 1 saturated carbocycles. The molecule has 11 nitrogen and oxygen atoms in total. The first kappa shape index (κ1) is 23.8. The van der Waals surface area contributed by atoms with E-state index in [9.17, 15) is 4.79 Å². The number of hydrogen-bond donors (Lipinski definition) is 2. The molecule has 4 aromatic heterocycles.